The maximum atomic E-state index is 12.9. The van der Waals surface area contributed by atoms with Crippen LogP contribution in [0.25, 0.3) is 6.08 Å². The van der Waals surface area contributed by atoms with E-state index in [1.807, 2.05) is 0 Å². The number of aromatic nitrogens is 3. The maximum absolute atomic E-state index is 12.9. The molecule has 0 bridgehead atoms. The Hall–Kier alpha value is -3.02. The van der Waals surface area contributed by atoms with Gasteiger partial charge >= 0.3 is 6.18 Å². The minimum Gasteiger partial charge on any atom is -0.345 e. The fourth-order valence-electron chi connectivity index (χ4n) is 2.74. The van der Waals surface area contributed by atoms with Gasteiger partial charge in [0.2, 0.25) is 11.8 Å². The van der Waals surface area contributed by atoms with E-state index in [-0.39, 0.29) is 28.9 Å². The normalized spacial score (nSPS) is 11.6. The molecule has 0 aliphatic carbocycles. The Bertz CT molecular complexity index is 1260. The van der Waals surface area contributed by atoms with Crippen LogP contribution < -0.4 is 10.6 Å². The molecular formula is C22H18Cl2F3N5O2S. The van der Waals surface area contributed by atoms with Crippen LogP contribution in [-0.2, 0) is 29.4 Å². The summed E-state index contributed by atoms with van der Waals surface area (Å²) in [6.07, 6.45) is -1.63. The van der Waals surface area contributed by atoms with Crippen molar-refractivity contribution < 1.29 is 22.8 Å². The number of halogens is 5. The second-order valence-electron chi connectivity index (χ2n) is 7.06. The van der Waals surface area contributed by atoms with Crippen molar-refractivity contribution in [2.24, 2.45) is 7.05 Å². The molecule has 1 aromatic heterocycles. The lowest BCUT2D eigenvalue weighted by molar-refractivity contribution is -0.137. The van der Waals surface area contributed by atoms with Crippen molar-refractivity contribution in [3.8, 4) is 0 Å². The second-order valence-corrected chi connectivity index (χ2v) is 8.82. The Morgan fingerprint density at radius 1 is 1.11 bits per heavy atom. The third-order valence-electron chi connectivity index (χ3n) is 4.57. The zero-order valence-electron chi connectivity index (χ0n) is 18.1. The molecule has 0 aliphatic rings. The summed E-state index contributed by atoms with van der Waals surface area (Å²) < 4.78 is 40.3. The van der Waals surface area contributed by atoms with Crippen molar-refractivity contribution in [2.75, 3.05) is 11.1 Å². The first-order chi connectivity index (χ1) is 16.5. The van der Waals surface area contributed by atoms with Gasteiger partial charge in [0.05, 0.1) is 28.6 Å². The Kier molecular flexibility index (Phi) is 8.82. The van der Waals surface area contributed by atoms with Crippen molar-refractivity contribution in [2.45, 2.75) is 17.9 Å². The first kappa shape index (κ1) is 26.6. The van der Waals surface area contributed by atoms with Crippen molar-refractivity contribution in [3.63, 3.8) is 0 Å². The van der Waals surface area contributed by atoms with E-state index in [0.29, 0.717) is 21.6 Å². The van der Waals surface area contributed by atoms with Crippen LogP contribution in [0.15, 0.2) is 53.7 Å². The first-order valence-corrected chi connectivity index (χ1v) is 11.7. The summed E-state index contributed by atoms with van der Waals surface area (Å²) in [4.78, 5) is 24.3. The van der Waals surface area contributed by atoms with Crippen LogP contribution in [0.3, 0.4) is 0 Å². The Labute approximate surface area is 212 Å². The van der Waals surface area contributed by atoms with Gasteiger partial charge in [-0.15, -0.1) is 10.2 Å². The number of rotatable bonds is 8. The number of carbonyl (C=O) groups excluding carboxylic acids is 2. The van der Waals surface area contributed by atoms with E-state index in [1.54, 1.807) is 42.0 Å². The highest BCUT2D eigenvalue weighted by atomic mass is 35.5. The van der Waals surface area contributed by atoms with E-state index in [4.69, 9.17) is 23.2 Å². The van der Waals surface area contributed by atoms with Crippen LogP contribution in [0.5, 0.6) is 0 Å². The smallest absolute Gasteiger partial charge is 0.345 e. The minimum absolute atomic E-state index is 0.0170. The standard InChI is InChI=1S/C22H18Cl2F3N5O2S/c1-32-18(11-28-19(33)9-6-13-4-2-3-5-15(13)23)30-31-21(32)35-12-20(34)29-17-10-14(22(25,26)27)7-8-16(17)24/h2-10H,11-12H2,1H3,(H,28,33)(H,29,34)/b9-6+. The highest BCUT2D eigenvalue weighted by molar-refractivity contribution is 7.99. The summed E-state index contributed by atoms with van der Waals surface area (Å²) in [7, 11) is 1.66. The van der Waals surface area contributed by atoms with Crippen molar-refractivity contribution >= 4 is 58.5 Å². The van der Waals surface area contributed by atoms with Gasteiger partial charge in [0.15, 0.2) is 11.0 Å². The van der Waals surface area contributed by atoms with Gasteiger partial charge < -0.3 is 15.2 Å². The predicted octanol–water partition coefficient (Wildman–Crippen LogP) is 5.20. The van der Waals surface area contributed by atoms with E-state index in [0.717, 1.165) is 30.0 Å². The van der Waals surface area contributed by atoms with Gasteiger partial charge in [-0.2, -0.15) is 13.2 Å². The van der Waals surface area contributed by atoms with Crippen LogP contribution in [0.1, 0.15) is 17.0 Å². The lowest BCUT2D eigenvalue weighted by atomic mass is 10.2. The molecule has 0 unspecified atom stereocenters. The second kappa shape index (κ2) is 11.6. The molecule has 0 radical (unpaired) electrons. The molecule has 3 rings (SSSR count). The number of thioether (sulfide) groups is 1. The molecule has 0 atom stereocenters. The van der Waals surface area contributed by atoms with Gasteiger partial charge in [0, 0.05) is 18.1 Å². The lowest BCUT2D eigenvalue weighted by Gasteiger charge is -2.11. The number of alkyl halides is 3. The molecule has 184 valence electrons. The van der Waals surface area contributed by atoms with Gasteiger partial charge in [-0.05, 0) is 35.9 Å². The number of carbonyl (C=O) groups is 2. The number of hydrogen-bond acceptors (Lipinski definition) is 5. The number of nitrogens with zero attached hydrogens (tertiary/aromatic N) is 3. The molecule has 0 fully saturated rings. The topological polar surface area (TPSA) is 88.9 Å². The average Bonchev–Trinajstić information content (AvgIpc) is 3.15. The molecule has 13 heteroatoms. The third kappa shape index (κ3) is 7.48. The number of hydrogen-bond donors (Lipinski definition) is 2. The van der Waals surface area contributed by atoms with E-state index < -0.39 is 17.6 Å². The summed E-state index contributed by atoms with van der Waals surface area (Å²) in [5, 5.41) is 13.9. The monoisotopic (exact) mass is 543 g/mol. The fourth-order valence-corrected chi connectivity index (χ4v) is 3.83. The summed E-state index contributed by atoms with van der Waals surface area (Å²) >= 11 is 13.0. The molecule has 35 heavy (non-hydrogen) atoms. The van der Waals surface area contributed by atoms with E-state index in [9.17, 15) is 22.8 Å². The zero-order valence-corrected chi connectivity index (χ0v) is 20.4. The fraction of sp³-hybridized carbons (Fsp3) is 0.182. The van der Waals surface area contributed by atoms with Crippen LogP contribution in [0.4, 0.5) is 18.9 Å². The molecule has 1 heterocycles. The van der Waals surface area contributed by atoms with Crippen LogP contribution in [-0.4, -0.2) is 32.3 Å². The third-order valence-corrected chi connectivity index (χ3v) is 6.26. The minimum atomic E-state index is -4.56. The van der Waals surface area contributed by atoms with Crippen LogP contribution in [0.2, 0.25) is 10.0 Å². The largest absolute Gasteiger partial charge is 0.416 e. The molecule has 3 aromatic rings. The maximum Gasteiger partial charge on any atom is 0.416 e. The van der Waals surface area contributed by atoms with E-state index in [2.05, 4.69) is 20.8 Å². The van der Waals surface area contributed by atoms with Crippen LogP contribution >= 0.6 is 35.0 Å². The molecular weight excluding hydrogens is 526 g/mol. The number of anilines is 1. The summed E-state index contributed by atoms with van der Waals surface area (Å²) in [5.41, 5.74) is -0.365. The molecule has 0 saturated carbocycles. The Morgan fingerprint density at radius 3 is 2.57 bits per heavy atom. The van der Waals surface area contributed by atoms with Crippen molar-refractivity contribution in [1.82, 2.24) is 20.1 Å². The molecule has 2 N–H and O–H groups in total. The van der Waals surface area contributed by atoms with Gasteiger partial charge in [-0.3, -0.25) is 9.59 Å². The molecule has 2 aromatic carbocycles. The van der Waals surface area contributed by atoms with Crippen molar-refractivity contribution in [3.05, 3.63) is 75.5 Å². The van der Waals surface area contributed by atoms with Crippen molar-refractivity contribution in [1.29, 1.82) is 0 Å². The van der Waals surface area contributed by atoms with Gasteiger partial charge in [0.25, 0.3) is 0 Å². The first-order valence-electron chi connectivity index (χ1n) is 9.92. The number of amides is 2. The Balaban J connectivity index is 1.53. The average molecular weight is 544 g/mol. The number of nitrogens with one attached hydrogen (secondary N) is 2. The van der Waals surface area contributed by atoms with E-state index >= 15 is 0 Å². The highest BCUT2D eigenvalue weighted by Gasteiger charge is 2.31. The molecule has 2 amide bonds. The number of benzene rings is 2. The summed E-state index contributed by atoms with van der Waals surface area (Å²) in [6, 6.07) is 9.75. The molecule has 0 aliphatic heterocycles. The zero-order chi connectivity index (χ0) is 25.6. The Morgan fingerprint density at radius 2 is 1.86 bits per heavy atom. The van der Waals surface area contributed by atoms with Gasteiger partial charge in [0.1, 0.15) is 0 Å². The summed E-state index contributed by atoms with van der Waals surface area (Å²) in [6.45, 7) is 0.0851. The van der Waals surface area contributed by atoms with Gasteiger partial charge in [-0.1, -0.05) is 53.2 Å². The molecule has 0 saturated heterocycles. The van der Waals surface area contributed by atoms with Gasteiger partial charge in [-0.25, -0.2) is 0 Å². The molecule has 7 nitrogen and oxygen atoms in total. The lowest BCUT2D eigenvalue weighted by Crippen LogP contribution is -2.22. The summed E-state index contributed by atoms with van der Waals surface area (Å²) in [5.74, 6) is -0.641. The predicted molar refractivity (Wildman–Crippen MR) is 129 cm³/mol. The van der Waals surface area contributed by atoms with E-state index in [1.165, 1.54) is 6.08 Å². The SMILES string of the molecule is Cn1c(CNC(=O)/C=C/c2ccccc2Cl)nnc1SCC(=O)Nc1cc(C(F)(F)F)ccc1Cl. The highest BCUT2D eigenvalue weighted by Crippen LogP contribution is 2.34. The molecule has 0 spiro atoms. The quantitative estimate of drug-likeness (QED) is 0.301. The van der Waals surface area contributed by atoms with Crippen LogP contribution in [0, 0.1) is 0 Å².